The smallest absolute Gasteiger partial charge is 0.258 e. The molecule has 39 heavy (non-hydrogen) atoms. The summed E-state index contributed by atoms with van der Waals surface area (Å²) in [6.45, 7) is 10.7. The second-order valence-electron chi connectivity index (χ2n) is 10.4. The normalized spacial score (nSPS) is 15.7. The number of fused-ring (bicyclic) bond motifs is 1. The third kappa shape index (κ3) is 6.49. The summed E-state index contributed by atoms with van der Waals surface area (Å²) >= 11 is 0. The van der Waals surface area contributed by atoms with Gasteiger partial charge in [0, 0.05) is 48.5 Å². The highest BCUT2D eigenvalue weighted by Crippen LogP contribution is 2.26. The van der Waals surface area contributed by atoms with Crippen LogP contribution in [0.2, 0.25) is 0 Å². The Morgan fingerprint density at radius 3 is 2.51 bits per heavy atom. The summed E-state index contributed by atoms with van der Waals surface area (Å²) < 4.78 is 7.88. The Balaban J connectivity index is 1.39. The molecule has 1 fully saturated rings. The fourth-order valence-electron chi connectivity index (χ4n) is 5.39. The molecule has 1 atom stereocenters. The number of nitrogens with one attached hydrogen (secondary N) is 1. The SMILES string of the molecule is CCN(CC)CCOc1ccc(Nc2cc3c(cn2)cc(-c2ccccc2)c(=O)n3CC2CCN(C)C2)cc1. The molecule has 1 saturated heterocycles. The Labute approximate surface area is 231 Å². The number of hydrogen-bond acceptors (Lipinski definition) is 6. The summed E-state index contributed by atoms with van der Waals surface area (Å²) in [6, 6.07) is 21.8. The number of likely N-dealkylation sites (N-methyl/N-ethyl adjacent to an activating group) is 1. The first-order valence-electron chi connectivity index (χ1n) is 14.0. The molecule has 0 amide bonds. The Morgan fingerprint density at radius 1 is 1.05 bits per heavy atom. The number of hydrogen-bond donors (Lipinski definition) is 1. The molecule has 0 aliphatic carbocycles. The molecule has 7 nitrogen and oxygen atoms in total. The van der Waals surface area contributed by atoms with Crippen LogP contribution in [0.5, 0.6) is 5.75 Å². The van der Waals surface area contributed by atoms with Gasteiger partial charge in [-0.3, -0.25) is 4.79 Å². The van der Waals surface area contributed by atoms with Gasteiger partial charge < -0.3 is 24.4 Å². The van der Waals surface area contributed by atoms with Crippen LogP contribution in [0.3, 0.4) is 0 Å². The maximum atomic E-state index is 13.8. The third-order valence-corrected chi connectivity index (χ3v) is 7.69. The van der Waals surface area contributed by atoms with E-state index in [1.165, 1.54) is 0 Å². The van der Waals surface area contributed by atoms with Gasteiger partial charge in [0.2, 0.25) is 0 Å². The Kier molecular flexibility index (Phi) is 8.59. The highest BCUT2D eigenvalue weighted by molar-refractivity contribution is 5.85. The van der Waals surface area contributed by atoms with Gasteiger partial charge in [-0.2, -0.15) is 0 Å². The zero-order valence-corrected chi connectivity index (χ0v) is 23.3. The first-order valence-corrected chi connectivity index (χ1v) is 14.0. The maximum absolute atomic E-state index is 13.8. The summed E-state index contributed by atoms with van der Waals surface area (Å²) in [5.41, 5.74) is 3.52. The van der Waals surface area contributed by atoms with Crippen LogP contribution in [0.15, 0.2) is 77.7 Å². The molecule has 1 N–H and O–H groups in total. The maximum Gasteiger partial charge on any atom is 0.258 e. The standard InChI is InChI=1S/C32H39N5O2/c1-4-36(5-2)17-18-39-28-13-11-27(12-14-28)34-31-20-30-26(21-33-31)19-29(25-9-7-6-8-10-25)32(38)37(30)23-24-15-16-35(3)22-24/h6-14,19-21,24H,4-5,15-18,22-23H2,1-3H3,(H,33,34). The highest BCUT2D eigenvalue weighted by atomic mass is 16.5. The van der Waals surface area contributed by atoms with Gasteiger partial charge >= 0.3 is 0 Å². The fourth-order valence-corrected chi connectivity index (χ4v) is 5.39. The predicted octanol–water partition coefficient (Wildman–Crippen LogP) is 5.48. The third-order valence-electron chi connectivity index (χ3n) is 7.69. The molecule has 0 bridgehead atoms. The molecule has 7 heteroatoms. The number of likely N-dealkylation sites (tertiary alicyclic amines) is 1. The summed E-state index contributed by atoms with van der Waals surface area (Å²) in [5.74, 6) is 2.01. The van der Waals surface area contributed by atoms with E-state index in [9.17, 15) is 4.79 Å². The Bertz CT molecular complexity index is 1430. The van der Waals surface area contributed by atoms with E-state index in [2.05, 4.69) is 36.0 Å². The van der Waals surface area contributed by atoms with Gasteiger partial charge in [0.1, 0.15) is 18.2 Å². The van der Waals surface area contributed by atoms with Crippen LogP contribution in [-0.4, -0.2) is 65.7 Å². The van der Waals surface area contributed by atoms with Gasteiger partial charge in [0.05, 0.1) is 5.52 Å². The van der Waals surface area contributed by atoms with Gasteiger partial charge in [-0.1, -0.05) is 44.2 Å². The van der Waals surface area contributed by atoms with Crippen molar-refractivity contribution in [1.82, 2.24) is 19.4 Å². The minimum atomic E-state index is 0.0478. The Morgan fingerprint density at radius 2 is 1.82 bits per heavy atom. The number of nitrogens with zero attached hydrogens (tertiary/aromatic N) is 4. The summed E-state index contributed by atoms with van der Waals surface area (Å²) in [6.07, 6.45) is 2.96. The molecule has 0 radical (unpaired) electrons. The van der Waals surface area contributed by atoms with Gasteiger partial charge in [0.25, 0.3) is 5.56 Å². The van der Waals surface area contributed by atoms with Crippen molar-refractivity contribution in [3.05, 3.63) is 83.3 Å². The van der Waals surface area contributed by atoms with Crippen LogP contribution in [0.25, 0.3) is 22.0 Å². The lowest BCUT2D eigenvalue weighted by atomic mass is 10.0. The largest absolute Gasteiger partial charge is 0.492 e. The van der Waals surface area contributed by atoms with E-state index in [1.54, 1.807) is 0 Å². The van der Waals surface area contributed by atoms with Crippen molar-refractivity contribution < 1.29 is 4.74 Å². The van der Waals surface area contributed by atoms with Crippen LogP contribution in [0.1, 0.15) is 20.3 Å². The van der Waals surface area contributed by atoms with Crippen LogP contribution in [0, 0.1) is 5.92 Å². The number of aromatic nitrogens is 2. The molecule has 2 aromatic carbocycles. The van der Waals surface area contributed by atoms with Crippen LogP contribution in [-0.2, 0) is 6.54 Å². The molecule has 0 saturated carbocycles. The zero-order valence-electron chi connectivity index (χ0n) is 23.3. The van der Waals surface area contributed by atoms with Crippen molar-refractivity contribution in [2.75, 3.05) is 51.7 Å². The van der Waals surface area contributed by atoms with E-state index in [1.807, 2.05) is 77.5 Å². The monoisotopic (exact) mass is 525 g/mol. The summed E-state index contributed by atoms with van der Waals surface area (Å²) in [4.78, 5) is 23.2. The molecule has 1 aliphatic rings. The summed E-state index contributed by atoms with van der Waals surface area (Å²) in [7, 11) is 2.15. The first kappa shape index (κ1) is 26.9. The molecule has 1 unspecified atom stereocenters. The van der Waals surface area contributed by atoms with Crippen LogP contribution >= 0.6 is 0 Å². The zero-order chi connectivity index (χ0) is 27.2. The van der Waals surface area contributed by atoms with E-state index in [0.29, 0.717) is 30.5 Å². The Hall–Kier alpha value is -3.68. The van der Waals surface area contributed by atoms with Crippen molar-refractivity contribution >= 4 is 22.4 Å². The fraction of sp³-hybridized carbons (Fsp3) is 0.375. The van der Waals surface area contributed by atoms with Crippen molar-refractivity contribution in [1.29, 1.82) is 0 Å². The minimum Gasteiger partial charge on any atom is -0.492 e. The first-order chi connectivity index (χ1) is 19.0. The van der Waals surface area contributed by atoms with E-state index in [4.69, 9.17) is 9.72 Å². The quantitative estimate of drug-likeness (QED) is 0.280. The average Bonchev–Trinajstić information content (AvgIpc) is 3.38. The molecular formula is C32H39N5O2. The minimum absolute atomic E-state index is 0.0478. The van der Waals surface area contributed by atoms with E-state index >= 15 is 0 Å². The second-order valence-corrected chi connectivity index (χ2v) is 10.4. The van der Waals surface area contributed by atoms with Gasteiger partial charge in [0.15, 0.2) is 0 Å². The highest BCUT2D eigenvalue weighted by Gasteiger charge is 2.22. The van der Waals surface area contributed by atoms with Crippen molar-refractivity contribution in [3.63, 3.8) is 0 Å². The number of rotatable bonds is 11. The topological polar surface area (TPSA) is 62.6 Å². The predicted molar refractivity (Wildman–Crippen MR) is 160 cm³/mol. The second kappa shape index (κ2) is 12.5. The molecule has 0 spiro atoms. The number of anilines is 2. The number of pyridine rings is 2. The van der Waals surface area contributed by atoms with Crippen molar-refractivity contribution in [2.45, 2.75) is 26.8 Å². The van der Waals surface area contributed by atoms with Gasteiger partial charge in [-0.25, -0.2) is 4.98 Å². The van der Waals surface area contributed by atoms with Gasteiger partial charge in [-0.05, 0) is 74.9 Å². The van der Waals surface area contributed by atoms with E-state index in [-0.39, 0.29) is 5.56 Å². The average molecular weight is 526 g/mol. The van der Waals surface area contributed by atoms with Gasteiger partial charge in [-0.15, -0.1) is 0 Å². The number of ether oxygens (including phenoxy) is 1. The van der Waals surface area contributed by atoms with Crippen molar-refractivity contribution in [3.8, 4) is 16.9 Å². The number of benzene rings is 2. The van der Waals surface area contributed by atoms with E-state index < -0.39 is 0 Å². The lowest BCUT2D eigenvalue weighted by Gasteiger charge is -2.18. The van der Waals surface area contributed by atoms with Crippen molar-refractivity contribution in [2.24, 2.45) is 5.92 Å². The molecule has 3 heterocycles. The van der Waals surface area contributed by atoms with Crippen LogP contribution < -0.4 is 15.6 Å². The molecule has 2 aromatic heterocycles. The van der Waals surface area contributed by atoms with E-state index in [0.717, 1.165) is 67.0 Å². The molecule has 204 valence electrons. The summed E-state index contributed by atoms with van der Waals surface area (Å²) in [5, 5.41) is 4.37. The molecule has 4 aromatic rings. The molecular weight excluding hydrogens is 486 g/mol. The lowest BCUT2D eigenvalue weighted by molar-refractivity contribution is 0.223. The van der Waals surface area contributed by atoms with Crippen LogP contribution in [0.4, 0.5) is 11.5 Å². The molecule has 5 rings (SSSR count). The molecule has 1 aliphatic heterocycles. The lowest BCUT2D eigenvalue weighted by Crippen LogP contribution is -2.27.